The first-order chi connectivity index (χ1) is 23.8. The number of ether oxygens (including phenoxy) is 1. The number of phenols is 1. The minimum Gasteiger partial charge on any atom is -0.507 e. The SMILES string of the molecule is CCC/C(=C\c1ccc(O)c2ccccc12)CC[C@@H](O)C1=C(COC)C[C@H]2C(=O)N(C3CCN(Cc4ccccc4)CC3)C(=O)[C@H]2[C@H]1CO. The van der Waals surface area contributed by atoms with Gasteiger partial charge in [-0.15, -0.1) is 0 Å². The van der Waals surface area contributed by atoms with Gasteiger partial charge in [-0.05, 0) is 72.3 Å². The van der Waals surface area contributed by atoms with Gasteiger partial charge in [-0.3, -0.25) is 19.4 Å². The zero-order chi connectivity index (χ0) is 34.5. The van der Waals surface area contributed by atoms with Gasteiger partial charge in [0, 0.05) is 44.1 Å². The van der Waals surface area contributed by atoms with Crippen LogP contribution < -0.4 is 0 Å². The smallest absolute Gasteiger partial charge is 0.234 e. The number of carbonyl (C=O) groups is 2. The number of methoxy groups -OCH3 is 1. The summed E-state index contributed by atoms with van der Waals surface area (Å²) in [4.78, 5) is 32.0. The first-order valence-electron chi connectivity index (χ1n) is 17.9. The van der Waals surface area contributed by atoms with Crippen LogP contribution in [0.15, 0.2) is 83.4 Å². The molecule has 3 aromatic rings. The normalized spacial score (nSPS) is 23.1. The van der Waals surface area contributed by atoms with Gasteiger partial charge in [-0.25, -0.2) is 0 Å². The molecule has 0 unspecified atom stereocenters. The number of piperidine rings is 1. The third-order valence-corrected chi connectivity index (χ3v) is 10.9. The predicted octanol–water partition coefficient (Wildman–Crippen LogP) is 6.09. The van der Waals surface area contributed by atoms with Gasteiger partial charge in [0.15, 0.2) is 0 Å². The molecule has 0 saturated carbocycles. The Hall–Kier alpha value is -3.82. The van der Waals surface area contributed by atoms with Crippen LogP contribution in [0.1, 0.15) is 63.0 Å². The van der Waals surface area contributed by atoms with Crippen LogP contribution in [0.4, 0.5) is 0 Å². The molecule has 0 radical (unpaired) electrons. The highest BCUT2D eigenvalue weighted by molar-refractivity contribution is 6.06. The van der Waals surface area contributed by atoms with Crippen LogP contribution in [-0.4, -0.2) is 82.5 Å². The maximum absolute atomic E-state index is 14.1. The molecule has 3 aromatic carbocycles. The second-order valence-electron chi connectivity index (χ2n) is 14.0. The molecule has 260 valence electrons. The molecule has 49 heavy (non-hydrogen) atoms. The molecule has 1 aliphatic carbocycles. The Morgan fingerprint density at radius 3 is 2.37 bits per heavy atom. The number of hydrogen-bond donors (Lipinski definition) is 3. The van der Waals surface area contributed by atoms with Gasteiger partial charge in [0.25, 0.3) is 0 Å². The summed E-state index contributed by atoms with van der Waals surface area (Å²) in [6.45, 7) is 4.51. The quantitative estimate of drug-likeness (QED) is 0.150. The lowest BCUT2D eigenvalue weighted by molar-refractivity contribution is -0.144. The fourth-order valence-corrected chi connectivity index (χ4v) is 8.55. The Balaban J connectivity index is 1.18. The second kappa shape index (κ2) is 15.8. The van der Waals surface area contributed by atoms with Gasteiger partial charge in [0.05, 0.1) is 31.2 Å². The topological polar surface area (TPSA) is 111 Å². The molecule has 0 bridgehead atoms. The molecular weight excluding hydrogens is 616 g/mol. The standard InChI is InChI=1S/C41H50N2O6/c1-3-9-27(22-29-15-17-36(45)33-13-8-7-12-32(29)33)14-16-37(46)38-30(26-49-2)23-34-39(35(38)25-44)41(48)43(40(34)47)31-18-20-42(21-19-31)24-28-10-5-4-6-11-28/h4-8,10-13,15,17,22,31,34-35,37,39,44-46H,3,9,14,16,18-21,23-26H2,1-2H3/b27-22+/t34-,35+,37-,39-/m1/s1. The first-order valence-corrected chi connectivity index (χ1v) is 17.9. The maximum Gasteiger partial charge on any atom is 0.234 e. The number of carbonyl (C=O) groups excluding carboxylic acids is 2. The van der Waals surface area contributed by atoms with Gasteiger partial charge in [0.1, 0.15) is 5.75 Å². The van der Waals surface area contributed by atoms with Crippen molar-refractivity contribution in [3.05, 3.63) is 94.6 Å². The van der Waals surface area contributed by atoms with Gasteiger partial charge in [0.2, 0.25) is 11.8 Å². The van der Waals surface area contributed by atoms with Crippen LogP contribution in [0, 0.1) is 17.8 Å². The molecule has 3 N–H and O–H groups in total. The van der Waals surface area contributed by atoms with E-state index in [0.29, 0.717) is 24.8 Å². The zero-order valence-electron chi connectivity index (χ0n) is 28.8. The summed E-state index contributed by atoms with van der Waals surface area (Å²) in [6, 6.07) is 21.6. The number of aliphatic hydroxyl groups is 2. The van der Waals surface area contributed by atoms with E-state index in [1.165, 1.54) is 16.0 Å². The van der Waals surface area contributed by atoms with Crippen LogP contribution in [0.3, 0.4) is 0 Å². The lowest BCUT2D eigenvalue weighted by atomic mass is 9.68. The predicted molar refractivity (Wildman–Crippen MR) is 191 cm³/mol. The van der Waals surface area contributed by atoms with Crippen LogP contribution in [0.2, 0.25) is 0 Å². The summed E-state index contributed by atoms with van der Waals surface area (Å²) in [7, 11) is 1.60. The Labute approximate surface area is 289 Å². The molecule has 2 aliphatic heterocycles. The number of aliphatic hydroxyl groups excluding tert-OH is 2. The molecule has 6 rings (SSSR count). The van der Waals surface area contributed by atoms with E-state index in [1.807, 2.05) is 48.5 Å². The molecule has 0 aromatic heterocycles. The molecule has 0 spiro atoms. The van der Waals surface area contributed by atoms with E-state index in [1.54, 1.807) is 13.2 Å². The summed E-state index contributed by atoms with van der Waals surface area (Å²) >= 11 is 0. The fraction of sp³-hybridized carbons (Fsp3) is 0.463. The van der Waals surface area contributed by atoms with E-state index in [0.717, 1.165) is 67.2 Å². The van der Waals surface area contributed by atoms with Gasteiger partial charge >= 0.3 is 0 Å². The van der Waals surface area contributed by atoms with Crippen molar-refractivity contribution in [3.8, 4) is 5.75 Å². The molecule has 8 heteroatoms. The summed E-state index contributed by atoms with van der Waals surface area (Å²) in [5, 5.41) is 34.7. The molecule has 2 saturated heterocycles. The Morgan fingerprint density at radius 2 is 1.67 bits per heavy atom. The van der Waals surface area contributed by atoms with Crippen LogP contribution in [-0.2, 0) is 20.9 Å². The van der Waals surface area contributed by atoms with Crippen molar-refractivity contribution in [2.75, 3.05) is 33.4 Å². The number of rotatable bonds is 13. The van der Waals surface area contributed by atoms with Crippen LogP contribution in [0.5, 0.6) is 5.75 Å². The van der Waals surface area contributed by atoms with Crippen molar-refractivity contribution < 1.29 is 29.6 Å². The van der Waals surface area contributed by atoms with Gasteiger partial charge < -0.3 is 20.1 Å². The fourth-order valence-electron chi connectivity index (χ4n) is 8.55. The number of amides is 2. The van der Waals surface area contributed by atoms with E-state index in [-0.39, 0.29) is 36.8 Å². The Kier molecular flexibility index (Phi) is 11.3. The summed E-state index contributed by atoms with van der Waals surface area (Å²) < 4.78 is 5.56. The number of fused-ring (bicyclic) bond motifs is 2. The zero-order valence-corrected chi connectivity index (χ0v) is 28.8. The lowest BCUT2D eigenvalue weighted by Gasteiger charge is -2.37. The average Bonchev–Trinajstić information content (AvgIpc) is 3.37. The van der Waals surface area contributed by atoms with Gasteiger partial charge in [-0.1, -0.05) is 85.7 Å². The summed E-state index contributed by atoms with van der Waals surface area (Å²) in [5.74, 6) is -1.98. The highest BCUT2D eigenvalue weighted by atomic mass is 16.5. The van der Waals surface area contributed by atoms with Crippen molar-refractivity contribution in [1.82, 2.24) is 9.80 Å². The summed E-state index contributed by atoms with van der Waals surface area (Å²) in [5.41, 5.74) is 4.93. The van der Waals surface area contributed by atoms with E-state index < -0.39 is 23.9 Å². The number of hydrogen-bond acceptors (Lipinski definition) is 7. The Morgan fingerprint density at radius 1 is 0.959 bits per heavy atom. The van der Waals surface area contributed by atoms with E-state index >= 15 is 0 Å². The molecule has 4 atom stereocenters. The molecule has 2 fully saturated rings. The number of aromatic hydroxyl groups is 1. The van der Waals surface area contributed by atoms with E-state index in [2.05, 4.69) is 30.0 Å². The first kappa shape index (κ1) is 35.0. The highest BCUT2D eigenvalue weighted by Crippen LogP contribution is 2.47. The average molecular weight is 667 g/mol. The van der Waals surface area contributed by atoms with Crippen molar-refractivity contribution in [3.63, 3.8) is 0 Å². The highest BCUT2D eigenvalue weighted by Gasteiger charge is 2.56. The van der Waals surface area contributed by atoms with Crippen LogP contribution in [0.25, 0.3) is 16.8 Å². The number of likely N-dealkylation sites (tertiary alicyclic amines) is 2. The minimum absolute atomic E-state index is 0.147. The van der Waals surface area contributed by atoms with E-state index in [4.69, 9.17) is 4.74 Å². The molecule has 2 amide bonds. The number of allylic oxidation sites excluding steroid dienone is 1. The molecule has 8 nitrogen and oxygen atoms in total. The molecule has 3 aliphatic rings. The van der Waals surface area contributed by atoms with Crippen LogP contribution >= 0.6 is 0 Å². The lowest BCUT2D eigenvalue weighted by Crippen LogP contribution is -2.47. The van der Waals surface area contributed by atoms with Crippen molar-refractivity contribution in [2.24, 2.45) is 17.8 Å². The third-order valence-electron chi connectivity index (χ3n) is 10.9. The summed E-state index contributed by atoms with van der Waals surface area (Å²) in [6.07, 6.45) is 5.91. The van der Waals surface area contributed by atoms with E-state index in [9.17, 15) is 24.9 Å². The van der Waals surface area contributed by atoms with Crippen molar-refractivity contribution >= 4 is 28.7 Å². The maximum atomic E-state index is 14.1. The number of phenolic OH excluding ortho intramolecular Hbond substituents is 1. The largest absolute Gasteiger partial charge is 0.507 e. The van der Waals surface area contributed by atoms with Gasteiger partial charge in [-0.2, -0.15) is 0 Å². The number of nitrogens with zero attached hydrogens (tertiary/aromatic N) is 2. The number of benzene rings is 3. The van der Waals surface area contributed by atoms with Crippen molar-refractivity contribution in [1.29, 1.82) is 0 Å². The molecular formula is C41H50N2O6. The molecule has 2 heterocycles. The monoisotopic (exact) mass is 666 g/mol. The Bertz CT molecular complexity index is 1690. The van der Waals surface area contributed by atoms with Crippen molar-refractivity contribution in [2.45, 2.75) is 70.6 Å². The second-order valence-corrected chi connectivity index (χ2v) is 14.0. The minimum atomic E-state index is -0.891. The third kappa shape index (κ3) is 7.38. The number of imide groups is 1.